The average Bonchev–Trinajstić information content (AvgIpc) is 3.07. The van der Waals surface area contributed by atoms with Gasteiger partial charge in [0.05, 0.1) is 11.3 Å². The molecule has 0 radical (unpaired) electrons. The summed E-state index contributed by atoms with van der Waals surface area (Å²) in [5.74, 6) is 0.838. The molecule has 23 heavy (non-hydrogen) atoms. The highest BCUT2D eigenvalue weighted by atomic mass is 32.2. The number of rotatable bonds is 4. The molecule has 2 heterocycles. The Morgan fingerprint density at radius 1 is 1.65 bits per heavy atom. The van der Waals surface area contributed by atoms with Crippen LogP contribution in [0.3, 0.4) is 0 Å². The minimum absolute atomic E-state index is 0.168. The smallest absolute Gasteiger partial charge is 0.235 e. The summed E-state index contributed by atoms with van der Waals surface area (Å²) < 4.78 is 0. The second-order valence-electron chi connectivity index (χ2n) is 5.51. The predicted octanol–water partition coefficient (Wildman–Crippen LogP) is 2.18. The van der Waals surface area contributed by atoms with Gasteiger partial charge in [0, 0.05) is 4.88 Å². The summed E-state index contributed by atoms with van der Waals surface area (Å²) in [5, 5.41) is 19.7. The number of fused-ring (bicyclic) bond motifs is 1. The Balaban J connectivity index is 1.67. The number of amides is 1. The van der Waals surface area contributed by atoms with Gasteiger partial charge < -0.3 is 11.1 Å². The molecule has 1 aliphatic rings. The van der Waals surface area contributed by atoms with Crippen LogP contribution >= 0.6 is 23.1 Å². The third-order valence-electron chi connectivity index (χ3n) is 3.69. The molecule has 1 unspecified atom stereocenters. The van der Waals surface area contributed by atoms with E-state index in [0.717, 1.165) is 24.8 Å². The Morgan fingerprint density at radius 3 is 3.17 bits per heavy atom. The highest BCUT2D eigenvalue weighted by Gasteiger charge is 2.24. The monoisotopic (exact) mass is 348 g/mol. The van der Waals surface area contributed by atoms with E-state index in [1.165, 1.54) is 28.0 Å². The first-order valence-electron chi connectivity index (χ1n) is 7.22. The van der Waals surface area contributed by atoms with Crippen LogP contribution in [0.4, 0.5) is 10.9 Å². The zero-order valence-electron chi connectivity index (χ0n) is 12.5. The average molecular weight is 348 g/mol. The molecule has 0 aromatic carbocycles. The van der Waals surface area contributed by atoms with E-state index in [-0.39, 0.29) is 17.6 Å². The van der Waals surface area contributed by atoms with Gasteiger partial charge in [0.15, 0.2) is 0 Å². The molecular formula is C14H16N6OS2. The zero-order chi connectivity index (χ0) is 16.4. The van der Waals surface area contributed by atoms with Crippen molar-refractivity contribution in [3.8, 4) is 6.07 Å². The molecule has 0 bridgehead atoms. The van der Waals surface area contributed by atoms with Crippen molar-refractivity contribution >= 4 is 40.0 Å². The van der Waals surface area contributed by atoms with Crippen molar-refractivity contribution in [2.75, 3.05) is 16.8 Å². The van der Waals surface area contributed by atoms with Crippen molar-refractivity contribution in [1.29, 1.82) is 5.26 Å². The molecule has 0 saturated heterocycles. The topological polar surface area (TPSA) is 120 Å². The molecule has 120 valence electrons. The lowest BCUT2D eigenvalue weighted by Crippen LogP contribution is -2.14. The minimum Gasteiger partial charge on any atom is -0.368 e. The molecule has 2 aromatic heterocycles. The van der Waals surface area contributed by atoms with Crippen molar-refractivity contribution in [2.45, 2.75) is 31.3 Å². The Kier molecular flexibility index (Phi) is 4.54. The van der Waals surface area contributed by atoms with Gasteiger partial charge in [-0.1, -0.05) is 18.7 Å². The molecule has 2 aromatic rings. The first-order chi connectivity index (χ1) is 11.1. The fourth-order valence-electron chi connectivity index (χ4n) is 2.57. The quantitative estimate of drug-likeness (QED) is 0.728. The summed E-state index contributed by atoms with van der Waals surface area (Å²) in [6.07, 6.45) is 2.99. The number of carbonyl (C=O) groups is 1. The van der Waals surface area contributed by atoms with E-state index in [4.69, 9.17) is 5.73 Å². The number of H-pyrrole nitrogens is 1. The number of aromatic amines is 1. The van der Waals surface area contributed by atoms with E-state index in [1.807, 2.05) is 0 Å². The van der Waals surface area contributed by atoms with E-state index < -0.39 is 0 Å². The zero-order valence-corrected chi connectivity index (χ0v) is 14.2. The maximum Gasteiger partial charge on any atom is 0.235 e. The molecule has 0 spiro atoms. The van der Waals surface area contributed by atoms with Crippen LogP contribution in [0, 0.1) is 17.2 Å². The van der Waals surface area contributed by atoms with Gasteiger partial charge in [0.1, 0.15) is 11.1 Å². The van der Waals surface area contributed by atoms with Gasteiger partial charge in [0.25, 0.3) is 0 Å². The van der Waals surface area contributed by atoms with E-state index in [0.29, 0.717) is 21.6 Å². The van der Waals surface area contributed by atoms with Crippen molar-refractivity contribution in [1.82, 2.24) is 15.2 Å². The third-order valence-corrected chi connectivity index (χ3v) is 5.71. The van der Waals surface area contributed by atoms with E-state index in [1.54, 1.807) is 0 Å². The number of nitriles is 1. The normalized spacial score (nSPS) is 16.6. The Hall–Kier alpha value is -2.05. The molecule has 4 N–H and O–H groups in total. The lowest BCUT2D eigenvalue weighted by Gasteiger charge is -2.17. The molecule has 1 atom stereocenters. The summed E-state index contributed by atoms with van der Waals surface area (Å²) in [7, 11) is 0. The maximum absolute atomic E-state index is 12.1. The summed E-state index contributed by atoms with van der Waals surface area (Å²) in [6, 6.07) is 2.24. The van der Waals surface area contributed by atoms with E-state index in [2.05, 4.69) is 33.5 Å². The first-order valence-corrected chi connectivity index (χ1v) is 9.02. The molecule has 1 aliphatic carbocycles. The number of nitrogens with one attached hydrogen (secondary N) is 2. The second-order valence-corrected chi connectivity index (χ2v) is 7.56. The summed E-state index contributed by atoms with van der Waals surface area (Å²) in [4.78, 5) is 17.3. The Morgan fingerprint density at radius 2 is 2.48 bits per heavy atom. The van der Waals surface area contributed by atoms with Gasteiger partial charge in [-0.25, -0.2) is 5.10 Å². The van der Waals surface area contributed by atoms with Crippen molar-refractivity contribution in [3.05, 3.63) is 16.0 Å². The standard InChI is InChI=1S/C14H16N6OS2/c1-7-2-3-8-9(5-15)12(23-10(8)4-7)17-11(21)6-22-14-18-13(16)19-20-14/h7H,2-4,6H2,1H3,(H,17,21)(H3,16,18,19,20). The number of hydrogen-bond acceptors (Lipinski definition) is 7. The third kappa shape index (κ3) is 3.48. The van der Waals surface area contributed by atoms with Gasteiger partial charge >= 0.3 is 0 Å². The van der Waals surface area contributed by atoms with Gasteiger partial charge in [-0.3, -0.25) is 4.79 Å². The van der Waals surface area contributed by atoms with E-state index in [9.17, 15) is 10.1 Å². The molecule has 3 rings (SSSR count). The van der Waals surface area contributed by atoms with Crippen molar-refractivity contribution in [3.63, 3.8) is 0 Å². The van der Waals surface area contributed by atoms with Gasteiger partial charge in [-0.2, -0.15) is 10.2 Å². The number of anilines is 2. The van der Waals surface area contributed by atoms with Crippen LogP contribution in [0.1, 0.15) is 29.3 Å². The number of thiophene rings is 1. The maximum atomic E-state index is 12.1. The molecule has 1 amide bonds. The van der Waals surface area contributed by atoms with Gasteiger partial charge in [-0.05, 0) is 30.7 Å². The molecular weight excluding hydrogens is 332 g/mol. The van der Waals surface area contributed by atoms with Crippen LogP contribution < -0.4 is 11.1 Å². The van der Waals surface area contributed by atoms with Gasteiger partial charge in [-0.15, -0.1) is 16.4 Å². The van der Waals surface area contributed by atoms with Crippen molar-refractivity contribution in [2.24, 2.45) is 5.92 Å². The number of aromatic nitrogens is 3. The fourth-order valence-corrected chi connectivity index (χ4v) is 4.56. The van der Waals surface area contributed by atoms with Crippen LogP contribution in [0.2, 0.25) is 0 Å². The van der Waals surface area contributed by atoms with Crippen LogP contribution in [-0.4, -0.2) is 26.8 Å². The highest BCUT2D eigenvalue weighted by molar-refractivity contribution is 7.99. The summed E-state index contributed by atoms with van der Waals surface area (Å²) in [5.41, 5.74) is 7.17. The Bertz CT molecular complexity index is 775. The van der Waals surface area contributed by atoms with Crippen molar-refractivity contribution < 1.29 is 4.79 Å². The van der Waals surface area contributed by atoms with Gasteiger partial charge in [0.2, 0.25) is 17.0 Å². The molecule has 0 fully saturated rings. The summed E-state index contributed by atoms with van der Waals surface area (Å²) in [6.45, 7) is 2.21. The number of hydrogen-bond donors (Lipinski definition) is 3. The SMILES string of the molecule is CC1CCc2c(sc(NC(=O)CSc3n[nH]c(N)n3)c2C#N)C1. The van der Waals surface area contributed by atoms with Crippen LogP contribution in [0.5, 0.6) is 0 Å². The fraction of sp³-hybridized carbons (Fsp3) is 0.429. The first kappa shape index (κ1) is 15.8. The number of nitrogens with zero attached hydrogens (tertiary/aromatic N) is 3. The van der Waals surface area contributed by atoms with Crippen LogP contribution in [0.15, 0.2) is 5.16 Å². The number of nitrogen functional groups attached to an aromatic ring is 1. The largest absolute Gasteiger partial charge is 0.368 e. The highest BCUT2D eigenvalue weighted by Crippen LogP contribution is 2.39. The molecule has 0 saturated carbocycles. The number of thioether (sulfide) groups is 1. The predicted molar refractivity (Wildman–Crippen MR) is 90.4 cm³/mol. The van der Waals surface area contributed by atoms with E-state index >= 15 is 0 Å². The second kappa shape index (κ2) is 6.60. The minimum atomic E-state index is -0.179. The van der Waals surface area contributed by atoms with Crippen LogP contribution in [-0.2, 0) is 17.6 Å². The number of nitrogens with two attached hydrogens (primary N) is 1. The molecule has 0 aliphatic heterocycles. The van der Waals surface area contributed by atoms with Crippen LogP contribution in [0.25, 0.3) is 0 Å². The number of carbonyl (C=O) groups excluding carboxylic acids is 1. The molecule has 9 heteroatoms. The Labute approximate surface area is 141 Å². The summed E-state index contributed by atoms with van der Waals surface area (Å²) >= 11 is 2.72. The molecule has 7 nitrogen and oxygen atoms in total. The lowest BCUT2D eigenvalue weighted by atomic mass is 9.89. The lowest BCUT2D eigenvalue weighted by molar-refractivity contribution is -0.113.